The van der Waals surface area contributed by atoms with E-state index in [0.29, 0.717) is 88.4 Å². The molecule has 2 fully saturated rings. The molecule has 0 unspecified atom stereocenters. The van der Waals surface area contributed by atoms with Crippen LogP contribution in [0.1, 0.15) is 216 Å². The van der Waals surface area contributed by atoms with Crippen LogP contribution in [-0.4, -0.2) is 227 Å². The zero-order chi connectivity index (χ0) is 89.5. The number of unbranched alkanes of at least 4 members (excludes halogenated alkanes) is 4. The van der Waals surface area contributed by atoms with Crippen LogP contribution in [0.2, 0.25) is 0 Å². The molecular weight excluding hydrogens is 1550 g/mol. The molecule has 2 aliphatic rings. The molecule has 0 radical (unpaired) electrons. The summed E-state index contributed by atoms with van der Waals surface area (Å²) in [5.74, 6) is -12.9. The van der Waals surface area contributed by atoms with E-state index >= 15 is 4.79 Å². The number of aliphatic carboxylic acids is 1. The standard InChI is InChI=1S/C85H142N18O17/c1-48(2)43-63(95-73(107)59(23-13-17-37-86)93-81(115)69(51(7)8)100-72(106)58-27-21-41-90-58)77(111)91-61(25-15-19-39-88)76(110)102-71(53(11)12)83(117)98-66(46-54-29-33-56(104)34-30-54)84(118)103-42-22-28-68(103)80(114)97-65(45-50(5)6)78(112)92-62(26-16-20-40-89)75(109)101-70(52(9)10)82(116)94-60(24-14-18-38-87)74(108)96-64(44-49(3)4)79(113)99-67(85(119)120)47-55-31-35-57(105)36-32-55/h29-36,48-53,58-71,90,104-105H,13-28,37-47,86-89H2,1-12H3,(H,91,111)(H,92,112)(H,93,115)(H,94,116)(H,95,107)(H,96,108)(H,97,114)(H,98,117)(H,99,113)(H,100,106)(H,101,109)(H,102,110)(H,119,120)/t58-,59-,60-,61-,62-,63-,64-,65-,66+,67-,68-,69-,70-,71+/m0/s1. The summed E-state index contributed by atoms with van der Waals surface area (Å²) in [6.45, 7) is 22.9. The number of carbonyl (C=O) groups excluding carboxylic acids is 13. The SMILES string of the molecule is CC(C)C[C@H](NC(=O)[C@H](CCCCN)NC(=O)[C@@H](NC(=O)[C@H](CCCCN)NC(=O)[C@H](CC(C)C)NC(=O)[C@@H]1CCCN1C(=O)[C@@H](Cc1ccc(O)cc1)NC(=O)[C@H](NC(=O)[C@H](CCCCN)NC(=O)[C@H](CC(C)C)NC(=O)[C@H](CCCCN)NC(=O)[C@@H](NC(=O)[C@@H]1CCCN1)C(C)C)C(C)C)C(C)C)C(=O)N[C@@H](Cc1ccc(O)cc1)C(=O)O. The number of benzene rings is 2. The fourth-order valence-corrected chi connectivity index (χ4v) is 14.5. The molecule has 0 aliphatic carbocycles. The second-order valence-electron chi connectivity index (χ2n) is 34.2. The van der Waals surface area contributed by atoms with Gasteiger partial charge in [-0.2, -0.15) is 0 Å². The van der Waals surface area contributed by atoms with E-state index in [2.05, 4.69) is 69.1 Å². The molecule has 14 atom stereocenters. The summed E-state index contributed by atoms with van der Waals surface area (Å²) in [6, 6.07) is -5.23. The lowest BCUT2D eigenvalue weighted by Crippen LogP contribution is -2.62. The van der Waals surface area contributed by atoms with E-state index in [0.717, 1.165) is 6.42 Å². The molecule has 0 bridgehead atoms. The minimum absolute atomic E-state index is 0.0295. The maximum Gasteiger partial charge on any atom is 0.326 e. The quantitative estimate of drug-likeness (QED) is 0.0413. The van der Waals surface area contributed by atoms with Crippen molar-refractivity contribution in [3.05, 3.63) is 59.7 Å². The fraction of sp³-hybridized carbons (Fsp3) is 0.694. The molecule has 24 N–H and O–H groups in total. The van der Waals surface area contributed by atoms with Crippen LogP contribution < -0.4 is 92.1 Å². The lowest BCUT2D eigenvalue weighted by molar-refractivity contribution is -0.143. The van der Waals surface area contributed by atoms with Crippen molar-refractivity contribution in [2.75, 3.05) is 39.3 Å². The maximum absolute atomic E-state index is 15.3. The first-order chi connectivity index (χ1) is 56.8. The third-order valence-electron chi connectivity index (χ3n) is 21.3. The number of phenols is 2. The van der Waals surface area contributed by atoms with Gasteiger partial charge in [0.25, 0.3) is 0 Å². The minimum atomic E-state index is -1.41. The van der Waals surface area contributed by atoms with Crippen molar-refractivity contribution in [2.24, 2.45) is 58.4 Å². The second kappa shape index (κ2) is 53.2. The molecule has 2 aromatic rings. The largest absolute Gasteiger partial charge is 0.508 e. The lowest BCUT2D eigenvalue weighted by atomic mass is 9.98. The van der Waals surface area contributed by atoms with Crippen LogP contribution in [0, 0.1) is 35.5 Å². The molecular formula is C85H142N18O17. The first-order valence-electron chi connectivity index (χ1n) is 43.1. The van der Waals surface area contributed by atoms with Crippen LogP contribution in [0.15, 0.2) is 48.5 Å². The number of nitrogens with two attached hydrogens (primary N) is 4. The minimum Gasteiger partial charge on any atom is -0.508 e. The normalized spacial score (nSPS) is 17.1. The Morgan fingerprint density at radius 3 is 1.01 bits per heavy atom. The molecule has 0 saturated carbocycles. The smallest absolute Gasteiger partial charge is 0.326 e. The molecule has 2 aromatic carbocycles. The van der Waals surface area contributed by atoms with E-state index in [9.17, 15) is 77.6 Å². The van der Waals surface area contributed by atoms with Gasteiger partial charge in [0, 0.05) is 19.4 Å². The van der Waals surface area contributed by atoms with Gasteiger partial charge in [0.1, 0.15) is 90.0 Å². The van der Waals surface area contributed by atoms with Gasteiger partial charge in [-0.05, 0) is 226 Å². The van der Waals surface area contributed by atoms with Crippen LogP contribution >= 0.6 is 0 Å². The summed E-state index contributed by atoms with van der Waals surface area (Å²) in [7, 11) is 0. The zero-order valence-electron chi connectivity index (χ0n) is 72.6. The number of nitrogens with zero attached hydrogens (tertiary/aromatic N) is 1. The van der Waals surface area contributed by atoms with Gasteiger partial charge in [0.2, 0.25) is 76.8 Å². The molecule has 35 heteroatoms. The number of hydrogen-bond donors (Lipinski definition) is 20. The maximum atomic E-state index is 15.3. The van der Waals surface area contributed by atoms with Gasteiger partial charge in [-0.15, -0.1) is 0 Å². The Labute approximate surface area is 707 Å². The van der Waals surface area contributed by atoms with Crippen molar-refractivity contribution in [1.82, 2.24) is 74.0 Å². The van der Waals surface area contributed by atoms with Gasteiger partial charge in [0.05, 0.1) is 6.04 Å². The highest BCUT2D eigenvalue weighted by molar-refractivity contribution is 6.00. The van der Waals surface area contributed by atoms with Gasteiger partial charge in [-0.25, -0.2) is 4.79 Å². The third-order valence-corrected chi connectivity index (χ3v) is 21.3. The van der Waals surface area contributed by atoms with Gasteiger partial charge in [0.15, 0.2) is 0 Å². The molecule has 2 heterocycles. The van der Waals surface area contributed by atoms with E-state index in [1.165, 1.54) is 41.3 Å². The summed E-state index contributed by atoms with van der Waals surface area (Å²) in [5, 5.41) is 66.8. The fourth-order valence-electron chi connectivity index (χ4n) is 14.5. The second-order valence-corrected chi connectivity index (χ2v) is 34.2. The van der Waals surface area contributed by atoms with Crippen LogP contribution in [0.5, 0.6) is 11.5 Å². The van der Waals surface area contributed by atoms with Crippen molar-refractivity contribution < 1.29 is 82.4 Å². The number of rotatable bonds is 55. The van der Waals surface area contributed by atoms with E-state index < -0.39 is 173 Å². The number of likely N-dealkylation sites (tertiary alicyclic amines) is 1. The zero-order valence-corrected chi connectivity index (χ0v) is 72.6. The number of hydrogen-bond acceptors (Lipinski definition) is 21. The summed E-state index contributed by atoms with van der Waals surface area (Å²) >= 11 is 0. The van der Waals surface area contributed by atoms with Crippen molar-refractivity contribution >= 4 is 82.8 Å². The number of carbonyl (C=O) groups is 14. The highest BCUT2D eigenvalue weighted by Gasteiger charge is 2.43. The average molecular weight is 1690 g/mol. The molecule has 4 rings (SSSR count). The van der Waals surface area contributed by atoms with E-state index in [1.807, 2.05) is 41.5 Å². The summed E-state index contributed by atoms with van der Waals surface area (Å²) < 4.78 is 0. The van der Waals surface area contributed by atoms with Crippen LogP contribution in [0.25, 0.3) is 0 Å². The Morgan fingerprint density at radius 2 is 0.675 bits per heavy atom. The number of phenolic OH excluding ortho intramolecular Hbond substituents is 2. The van der Waals surface area contributed by atoms with E-state index in [4.69, 9.17) is 22.9 Å². The molecule has 674 valence electrons. The Morgan fingerprint density at radius 1 is 0.367 bits per heavy atom. The summed E-state index contributed by atoms with van der Waals surface area (Å²) in [6.07, 6.45) is 5.40. The average Bonchev–Trinajstić information content (AvgIpc) is 1.60. The Hall–Kier alpha value is -9.58. The predicted molar refractivity (Wildman–Crippen MR) is 455 cm³/mol. The van der Waals surface area contributed by atoms with E-state index in [1.54, 1.807) is 53.7 Å². The number of carboxylic acids is 1. The summed E-state index contributed by atoms with van der Waals surface area (Å²) in [4.78, 5) is 202. The first kappa shape index (κ1) is 103. The molecule has 35 nitrogen and oxygen atoms in total. The van der Waals surface area contributed by atoms with Crippen molar-refractivity contribution in [1.29, 1.82) is 0 Å². The highest BCUT2D eigenvalue weighted by atomic mass is 16.4. The Bertz CT molecular complexity index is 3620. The molecule has 0 aromatic heterocycles. The van der Waals surface area contributed by atoms with E-state index in [-0.39, 0.29) is 131 Å². The monoisotopic (exact) mass is 1690 g/mol. The summed E-state index contributed by atoms with van der Waals surface area (Å²) in [5.41, 5.74) is 24.5. The van der Waals surface area contributed by atoms with Gasteiger partial charge >= 0.3 is 5.97 Å². The lowest BCUT2D eigenvalue weighted by Gasteiger charge is -2.32. The number of aromatic hydroxyl groups is 2. The number of carboxylic acid groups (broad SMARTS) is 1. The van der Waals surface area contributed by atoms with Gasteiger partial charge < -0.3 is 112 Å². The molecule has 2 saturated heterocycles. The van der Waals surface area contributed by atoms with Crippen molar-refractivity contribution in [3.63, 3.8) is 0 Å². The Balaban J connectivity index is 1.59. The predicted octanol–water partition coefficient (Wildman–Crippen LogP) is 1.15. The van der Waals surface area contributed by atoms with Crippen molar-refractivity contribution in [3.8, 4) is 11.5 Å². The molecule has 0 spiro atoms. The Kier molecular flexibility index (Phi) is 45.6. The highest BCUT2D eigenvalue weighted by Crippen LogP contribution is 2.24. The topological polar surface area (TPSA) is 563 Å². The van der Waals surface area contributed by atoms with Gasteiger partial charge in [-0.1, -0.05) is 107 Å². The van der Waals surface area contributed by atoms with Crippen molar-refractivity contribution in [2.45, 2.75) is 303 Å². The van der Waals surface area contributed by atoms with Crippen LogP contribution in [0.3, 0.4) is 0 Å². The van der Waals surface area contributed by atoms with Crippen LogP contribution in [-0.2, 0) is 80.0 Å². The molecule has 120 heavy (non-hydrogen) atoms. The third kappa shape index (κ3) is 35.6. The number of amides is 13. The van der Waals surface area contributed by atoms with Crippen LogP contribution in [0.4, 0.5) is 0 Å². The molecule has 13 amide bonds. The number of nitrogens with one attached hydrogen (secondary N) is 13. The molecule has 2 aliphatic heterocycles. The first-order valence-corrected chi connectivity index (χ1v) is 43.1. The van der Waals surface area contributed by atoms with Gasteiger partial charge in [-0.3, -0.25) is 62.3 Å².